The number of esters is 1. The molecular formula is C31H50N2O7. The predicted molar refractivity (Wildman–Crippen MR) is 157 cm³/mol. The standard InChI is InChI=1S/C31H50N2O7/c1-3-5-6-7-8-9-10-11-12-13-14-15-19-23-30(37)40-26(20-4-2)21-17-16-18-22-28(35)32-24-29(36)33-27(25-34)31(38)39/h5-6,8-9,11-12,14-15,26-27,34H,3-4,7,10,13,16-25H2,1-2H3,(H,32,35)(H,33,36)(H,38,39)/b6-5-,9-8-,12-11-,15-14-. The molecule has 2 unspecified atom stereocenters. The number of aliphatic hydroxyl groups excluding tert-OH is 1. The molecule has 0 rings (SSSR count). The zero-order valence-electron chi connectivity index (χ0n) is 24.3. The fourth-order valence-corrected chi connectivity index (χ4v) is 3.66. The summed E-state index contributed by atoms with van der Waals surface area (Å²) in [5.41, 5.74) is 0. The molecular weight excluding hydrogens is 512 g/mol. The Balaban J connectivity index is 4.02. The van der Waals surface area contributed by atoms with Gasteiger partial charge in [-0.25, -0.2) is 4.79 Å². The molecule has 0 heterocycles. The van der Waals surface area contributed by atoms with Gasteiger partial charge in [-0.05, 0) is 57.8 Å². The third-order valence-corrected chi connectivity index (χ3v) is 5.83. The van der Waals surface area contributed by atoms with Gasteiger partial charge < -0.3 is 25.6 Å². The van der Waals surface area contributed by atoms with Crippen LogP contribution in [0.1, 0.15) is 97.3 Å². The van der Waals surface area contributed by atoms with Crippen molar-refractivity contribution in [3.8, 4) is 0 Å². The van der Waals surface area contributed by atoms with E-state index in [1.165, 1.54) is 0 Å². The van der Waals surface area contributed by atoms with Crippen LogP contribution in [0.25, 0.3) is 0 Å². The topological polar surface area (TPSA) is 142 Å². The fourth-order valence-electron chi connectivity index (χ4n) is 3.66. The second-order valence-electron chi connectivity index (χ2n) is 9.46. The normalized spacial score (nSPS) is 13.3. The van der Waals surface area contributed by atoms with Gasteiger partial charge >= 0.3 is 11.9 Å². The molecule has 9 nitrogen and oxygen atoms in total. The van der Waals surface area contributed by atoms with Crippen LogP contribution >= 0.6 is 0 Å². The van der Waals surface area contributed by atoms with E-state index in [4.69, 9.17) is 14.9 Å². The quantitative estimate of drug-likeness (QED) is 0.0744. The van der Waals surface area contributed by atoms with E-state index in [1.54, 1.807) is 0 Å². The molecule has 0 aliphatic rings. The van der Waals surface area contributed by atoms with Crippen molar-refractivity contribution < 1.29 is 34.1 Å². The molecule has 0 aromatic heterocycles. The maximum atomic E-state index is 12.2. The summed E-state index contributed by atoms with van der Waals surface area (Å²) in [5.74, 6) is -2.52. The van der Waals surface area contributed by atoms with Crippen molar-refractivity contribution >= 4 is 23.8 Å². The summed E-state index contributed by atoms with van der Waals surface area (Å²) in [4.78, 5) is 46.6. The fraction of sp³-hybridized carbons (Fsp3) is 0.613. The maximum Gasteiger partial charge on any atom is 0.328 e. The lowest BCUT2D eigenvalue weighted by Crippen LogP contribution is -2.47. The van der Waals surface area contributed by atoms with Gasteiger partial charge in [0, 0.05) is 12.8 Å². The molecule has 0 aliphatic heterocycles. The SMILES string of the molecule is CC/C=C\C/C=C\C/C=C\C/C=C\CCC(=O)OC(CCC)CCCCCC(=O)NCC(=O)NC(CO)C(=O)O. The minimum absolute atomic E-state index is 0.124. The highest BCUT2D eigenvalue weighted by atomic mass is 16.5. The van der Waals surface area contributed by atoms with Crippen LogP contribution in [-0.4, -0.2) is 59.3 Å². The summed E-state index contributed by atoms with van der Waals surface area (Å²) >= 11 is 0. The van der Waals surface area contributed by atoms with Crippen molar-refractivity contribution in [1.82, 2.24) is 10.6 Å². The van der Waals surface area contributed by atoms with Gasteiger partial charge in [0.05, 0.1) is 13.2 Å². The second kappa shape index (κ2) is 26.0. The monoisotopic (exact) mass is 562 g/mol. The summed E-state index contributed by atoms with van der Waals surface area (Å²) in [6.45, 7) is 3.10. The first-order chi connectivity index (χ1) is 19.3. The number of aliphatic hydroxyl groups is 1. The van der Waals surface area contributed by atoms with Crippen LogP contribution in [0.5, 0.6) is 0 Å². The Labute approximate surface area is 239 Å². The molecule has 40 heavy (non-hydrogen) atoms. The van der Waals surface area contributed by atoms with E-state index in [0.717, 1.165) is 57.8 Å². The molecule has 0 saturated heterocycles. The predicted octanol–water partition coefficient (Wildman–Crippen LogP) is 4.91. The van der Waals surface area contributed by atoms with Crippen molar-refractivity contribution in [2.24, 2.45) is 0 Å². The lowest BCUT2D eigenvalue weighted by molar-refractivity contribution is -0.149. The van der Waals surface area contributed by atoms with Crippen molar-refractivity contribution in [2.45, 2.75) is 109 Å². The van der Waals surface area contributed by atoms with E-state index in [1.807, 2.05) is 6.08 Å². The molecule has 0 spiro atoms. The molecule has 0 bridgehead atoms. The largest absolute Gasteiger partial charge is 0.480 e. The molecule has 0 aromatic rings. The Bertz CT molecular complexity index is 834. The number of unbranched alkanes of at least 4 members (excludes halogenated alkanes) is 2. The summed E-state index contributed by atoms with van der Waals surface area (Å²) in [6.07, 6.45) is 26.6. The average Bonchev–Trinajstić information content (AvgIpc) is 2.92. The lowest BCUT2D eigenvalue weighted by Gasteiger charge is -2.17. The third kappa shape index (κ3) is 22.8. The third-order valence-electron chi connectivity index (χ3n) is 5.83. The van der Waals surface area contributed by atoms with Gasteiger partial charge in [0.1, 0.15) is 12.1 Å². The van der Waals surface area contributed by atoms with Crippen LogP contribution in [0.15, 0.2) is 48.6 Å². The van der Waals surface area contributed by atoms with Gasteiger partial charge in [-0.15, -0.1) is 0 Å². The number of rotatable bonds is 24. The smallest absolute Gasteiger partial charge is 0.328 e. The number of hydrogen-bond acceptors (Lipinski definition) is 6. The Kier molecular flexibility index (Phi) is 24.0. The lowest BCUT2D eigenvalue weighted by atomic mass is 10.1. The van der Waals surface area contributed by atoms with Gasteiger partial charge in [-0.2, -0.15) is 0 Å². The Morgan fingerprint density at radius 2 is 1.40 bits per heavy atom. The number of nitrogens with one attached hydrogen (secondary N) is 2. The summed E-state index contributed by atoms with van der Waals surface area (Å²) in [6, 6.07) is -1.39. The van der Waals surface area contributed by atoms with E-state index in [2.05, 4.69) is 67.0 Å². The van der Waals surface area contributed by atoms with Gasteiger partial charge in [0.2, 0.25) is 11.8 Å². The molecule has 226 valence electrons. The molecule has 0 fully saturated rings. The number of carboxylic acid groups (broad SMARTS) is 1. The Morgan fingerprint density at radius 1 is 0.775 bits per heavy atom. The minimum Gasteiger partial charge on any atom is -0.480 e. The minimum atomic E-state index is -1.39. The number of aliphatic carboxylic acids is 1. The van der Waals surface area contributed by atoms with Crippen LogP contribution in [0.2, 0.25) is 0 Å². The van der Waals surface area contributed by atoms with Crippen LogP contribution < -0.4 is 10.6 Å². The zero-order chi connectivity index (χ0) is 29.8. The number of carbonyl (C=O) groups is 4. The van der Waals surface area contributed by atoms with Gasteiger partial charge in [0.25, 0.3) is 0 Å². The number of ether oxygens (including phenoxy) is 1. The average molecular weight is 563 g/mol. The zero-order valence-corrected chi connectivity index (χ0v) is 24.3. The van der Waals surface area contributed by atoms with Gasteiger partial charge in [-0.3, -0.25) is 14.4 Å². The highest BCUT2D eigenvalue weighted by Gasteiger charge is 2.18. The van der Waals surface area contributed by atoms with E-state index in [0.29, 0.717) is 19.3 Å². The van der Waals surface area contributed by atoms with Crippen molar-refractivity contribution in [3.05, 3.63) is 48.6 Å². The van der Waals surface area contributed by atoms with Crippen LogP contribution in [0.3, 0.4) is 0 Å². The molecule has 4 N–H and O–H groups in total. The van der Waals surface area contributed by atoms with Crippen molar-refractivity contribution in [1.29, 1.82) is 0 Å². The highest BCUT2D eigenvalue weighted by Crippen LogP contribution is 2.14. The molecule has 0 aromatic carbocycles. The van der Waals surface area contributed by atoms with Crippen LogP contribution in [0, 0.1) is 0 Å². The van der Waals surface area contributed by atoms with E-state index < -0.39 is 24.5 Å². The maximum absolute atomic E-state index is 12.2. The van der Waals surface area contributed by atoms with E-state index >= 15 is 0 Å². The van der Waals surface area contributed by atoms with Gasteiger partial charge in [-0.1, -0.05) is 75.3 Å². The number of amides is 2. The van der Waals surface area contributed by atoms with Crippen LogP contribution in [0.4, 0.5) is 0 Å². The van der Waals surface area contributed by atoms with Crippen molar-refractivity contribution in [2.75, 3.05) is 13.2 Å². The molecule has 2 atom stereocenters. The first-order valence-electron chi connectivity index (χ1n) is 14.5. The number of carbonyl (C=O) groups excluding carboxylic acids is 3. The molecule has 2 amide bonds. The number of allylic oxidation sites excluding steroid dienone is 8. The summed E-state index contributed by atoms with van der Waals surface area (Å²) in [5, 5.41) is 22.3. The first-order valence-corrected chi connectivity index (χ1v) is 14.5. The summed E-state index contributed by atoms with van der Waals surface area (Å²) in [7, 11) is 0. The highest BCUT2D eigenvalue weighted by molar-refractivity contribution is 5.87. The first kappa shape index (κ1) is 36.8. The second-order valence-corrected chi connectivity index (χ2v) is 9.46. The molecule has 0 saturated carbocycles. The number of hydrogen-bond donors (Lipinski definition) is 4. The van der Waals surface area contributed by atoms with Crippen LogP contribution in [-0.2, 0) is 23.9 Å². The van der Waals surface area contributed by atoms with Gasteiger partial charge in [0.15, 0.2) is 0 Å². The summed E-state index contributed by atoms with van der Waals surface area (Å²) < 4.78 is 5.67. The molecule has 0 radical (unpaired) electrons. The Morgan fingerprint density at radius 3 is 1.98 bits per heavy atom. The van der Waals surface area contributed by atoms with E-state index in [-0.39, 0.29) is 30.9 Å². The molecule has 9 heteroatoms. The van der Waals surface area contributed by atoms with E-state index in [9.17, 15) is 19.2 Å². The van der Waals surface area contributed by atoms with Crippen molar-refractivity contribution in [3.63, 3.8) is 0 Å². The molecule has 0 aliphatic carbocycles. The number of carboxylic acids is 1. The Hall–Kier alpha value is -3.20.